The molecule has 0 amide bonds. The Bertz CT molecular complexity index is 23.7. The van der Waals surface area contributed by atoms with Gasteiger partial charge in [-0.3, -0.25) is 0 Å². The number of hydrogen-bond acceptors (Lipinski definition) is 1. The molecule has 0 saturated heterocycles. The van der Waals surface area contributed by atoms with Gasteiger partial charge < -0.3 is 15.2 Å². The lowest BCUT2D eigenvalue weighted by Gasteiger charge is -1.82. The van der Waals surface area contributed by atoms with Crippen molar-refractivity contribution in [3.63, 3.8) is 0 Å². The highest BCUT2D eigenvalue weighted by molar-refractivity contribution is 6.93. The van der Waals surface area contributed by atoms with E-state index in [2.05, 4.69) is 6.92 Å². The van der Waals surface area contributed by atoms with E-state index in [1.165, 1.54) is 17.4 Å². The van der Waals surface area contributed by atoms with E-state index in [1.807, 2.05) is 0 Å². The van der Waals surface area contributed by atoms with Crippen molar-refractivity contribution in [1.29, 1.82) is 0 Å². The van der Waals surface area contributed by atoms with Gasteiger partial charge in [0.15, 0.2) is 0 Å². The molecule has 0 unspecified atom stereocenters. The summed E-state index contributed by atoms with van der Waals surface area (Å²) in [5.41, 5.74) is 0. The summed E-state index contributed by atoms with van der Waals surface area (Å²) in [5.74, 6) is 0. The average Bonchev–Trinajstić information content (AvgIpc) is 1.61. The Kier molecular flexibility index (Phi) is 15.7. The molecule has 0 aliphatic carbocycles. The van der Waals surface area contributed by atoms with Crippen LogP contribution in [0.15, 0.2) is 0 Å². The fraction of sp³-hybridized carbons (Fsp3) is 1.00. The van der Waals surface area contributed by atoms with Gasteiger partial charge in [0, 0.05) is 0 Å². The highest BCUT2D eigenvalue weighted by atomic mass is 35.5. The molecule has 0 atom stereocenters. The standard InChI is InChI=1S/C4H9.ClH.Mg.H3N/c1-3-4-2;;;/h1,3-4H2,2H3;1H;;1H3/q;;+1;/p-1. The van der Waals surface area contributed by atoms with Gasteiger partial charge >= 0.3 is 19.3 Å². The molecule has 0 aromatic rings. The van der Waals surface area contributed by atoms with E-state index in [0.29, 0.717) is 0 Å². The van der Waals surface area contributed by atoms with E-state index in [9.17, 15) is 0 Å². The van der Waals surface area contributed by atoms with Gasteiger partial charge in [0.1, 0.15) is 0 Å². The Morgan fingerprint density at radius 3 is 2.29 bits per heavy atom. The van der Waals surface area contributed by atoms with Crippen LogP contribution in [0.3, 0.4) is 0 Å². The van der Waals surface area contributed by atoms with Crippen molar-refractivity contribution in [2.24, 2.45) is 0 Å². The second kappa shape index (κ2) is 10.1. The maximum Gasteiger partial charge on any atom is 0.501 e. The Morgan fingerprint density at radius 1 is 1.57 bits per heavy atom. The van der Waals surface area contributed by atoms with Crippen LogP contribution in [0, 0.1) is 0 Å². The van der Waals surface area contributed by atoms with Crippen molar-refractivity contribution in [2.75, 3.05) is 0 Å². The summed E-state index contributed by atoms with van der Waals surface area (Å²) in [7, 11) is 5.52. The van der Waals surface area contributed by atoms with E-state index in [-0.39, 0.29) is 25.4 Å². The van der Waals surface area contributed by atoms with Crippen LogP contribution in [0.2, 0.25) is 4.55 Å². The van der Waals surface area contributed by atoms with Crippen LogP contribution < -0.4 is 6.15 Å². The molecule has 0 saturated carbocycles. The third-order valence-electron chi connectivity index (χ3n) is 0.737. The lowest BCUT2D eigenvalue weighted by atomic mass is 10.4. The summed E-state index contributed by atoms with van der Waals surface area (Å²) in [6, 6.07) is 0. The topological polar surface area (TPSA) is 35.0 Å². The predicted octanol–water partition coefficient (Wildman–Crippen LogP) is 2.22. The fourth-order valence-electron chi connectivity index (χ4n) is 0.344. The molecule has 0 aliphatic heterocycles. The van der Waals surface area contributed by atoms with Crippen molar-refractivity contribution in [2.45, 2.75) is 24.3 Å². The lowest BCUT2D eigenvalue weighted by Crippen LogP contribution is -1.73. The molecule has 0 bridgehead atoms. The van der Waals surface area contributed by atoms with Crippen molar-refractivity contribution < 1.29 is 0 Å². The monoisotopic (exact) mass is 133 g/mol. The van der Waals surface area contributed by atoms with Gasteiger partial charge in [-0.15, -0.1) is 4.55 Å². The molecule has 0 aliphatic rings. The first-order chi connectivity index (χ1) is 2.91. The van der Waals surface area contributed by atoms with E-state index >= 15 is 0 Å². The first-order valence-electron chi connectivity index (χ1n) is 2.47. The number of hydrogen-bond donors (Lipinski definition) is 1. The van der Waals surface area contributed by atoms with Crippen LogP contribution in [0.1, 0.15) is 19.8 Å². The molecule has 0 fully saturated rings. The molecule has 0 heterocycles. The molecular formula is C4H12ClMgN. The minimum absolute atomic E-state index is 0. The molecule has 7 heavy (non-hydrogen) atoms. The van der Waals surface area contributed by atoms with Crippen molar-refractivity contribution in [1.82, 2.24) is 6.15 Å². The SMILES string of the molecule is CCC[CH2][Mg][Cl].N. The van der Waals surface area contributed by atoms with Crippen LogP contribution in [-0.2, 0) is 0 Å². The maximum absolute atomic E-state index is 5.52. The average molecular weight is 134 g/mol. The fourth-order valence-corrected chi connectivity index (χ4v) is 1.60. The molecule has 42 valence electrons. The Labute approximate surface area is 58.9 Å². The molecule has 3 heteroatoms. The lowest BCUT2D eigenvalue weighted by molar-refractivity contribution is 0.882. The maximum atomic E-state index is 5.52. The number of unbranched alkanes of at least 4 members (excludes halogenated alkanes) is 1. The summed E-state index contributed by atoms with van der Waals surface area (Å²) >= 11 is -0.125. The summed E-state index contributed by atoms with van der Waals surface area (Å²) < 4.78 is 1.32. The minimum atomic E-state index is -0.125. The van der Waals surface area contributed by atoms with Crippen LogP contribution in [0.4, 0.5) is 0 Å². The second-order valence-electron chi connectivity index (χ2n) is 1.40. The second-order valence-corrected chi connectivity index (χ2v) is 3.62. The minimum Gasteiger partial charge on any atom is -0.346 e. The molecular weight excluding hydrogens is 122 g/mol. The van der Waals surface area contributed by atoms with Crippen LogP contribution >= 0.6 is 9.07 Å². The smallest absolute Gasteiger partial charge is 0.346 e. The third kappa shape index (κ3) is 10.9. The van der Waals surface area contributed by atoms with E-state index < -0.39 is 0 Å². The van der Waals surface area contributed by atoms with Crippen LogP contribution in [0.25, 0.3) is 0 Å². The zero-order valence-corrected chi connectivity index (χ0v) is 7.08. The highest BCUT2D eigenvalue weighted by Crippen LogP contribution is 1.93. The zero-order chi connectivity index (χ0) is 4.83. The molecule has 3 N–H and O–H groups in total. The van der Waals surface area contributed by atoms with Gasteiger partial charge in [0.05, 0.1) is 0 Å². The normalized spacial score (nSPS) is 6.57. The number of rotatable bonds is 3. The summed E-state index contributed by atoms with van der Waals surface area (Å²) in [5, 5.41) is 0. The quantitative estimate of drug-likeness (QED) is 0.466. The van der Waals surface area contributed by atoms with E-state index in [4.69, 9.17) is 9.07 Å². The summed E-state index contributed by atoms with van der Waals surface area (Å²) in [4.78, 5) is 0. The molecule has 0 radical (unpaired) electrons. The number of halogens is 1. The Balaban J connectivity index is 0. The summed E-state index contributed by atoms with van der Waals surface area (Å²) in [6.45, 7) is 2.20. The van der Waals surface area contributed by atoms with E-state index in [0.717, 1.165) is 0 Å². The molecule has 1 nitrogen and oxygen atoms in total. The molecule has 0 spiro atoms. The zero-order valence-electron chi connectivity index (χ0n) is 4.91. The van der Waals surface area contributed by atoms with Gasteiger partial charge in [-0.25, -0.2) is 0 Å². The molecule has 0 rings (SSSR count). The first-order valence-corrected chi connectivity index (χ1v) is 5.61. The van der Waals surface area contributed by atoms with Gasteiger partial charge in [-0.05, 0) is 0 Å². The Morgan fingerprint density at radius 2 is 2.14 bits per heavy atom. The highest BCUT2D eigenvalue weighted by Gasteiger charge is 1.85. The van der Waals surface area contributed by atoms with Crippen LogP contribution in [0.5, 0.6) is 0 Å². The van der Waals surface area contributed by atoms with Crippen LogP contribution in [-0.4, -0.2) is 19.3 Å². The van der Waals surface area contributed by atoms with Gasteiger partial charge in [0.25, 0.3) is 0 Å². The third-order valence-corrected chi connectivity index (χ3v) is 2.31. The molecule has 0 aromatic carbocycles. The van der Waals surface area contributed by atoms with Gasteiger partial charge in [0.2, 0.25) is 0 Å². The van der Waals surface area contributed by atoms with Crippen molar-refractivity contribution in [3.8, 4) is 0 Å². The first kappa shape index (κ1) is 10.9. The summed E-state index contributed by atoms with van der Waals surface area (Å²) in [6.07, 6.45) is 2.65. The molecule has 0 aromatic heterocycles. The largest absolute Gasteiger partial charge is 0.501 e. The predicted molar refractivity (Wildman–Crippen MR) is 36.3 cm³/mol. The van der Waals surface area contributed by atoms with Crippen molar-refractivity contribution in [3.05, 3.63) is 0 Å². The Hall–Kier alpha value is 1.02. The van der Waals surface area contributed by atoms with Crippen molar-refractivity contribution >= 4 is 28.3 Å². The van der Waals surface area contributed by atoms with Gasteiger partial charge in [-0.2, -0.15) is 0 Å². The van der Waals surface area contributed by atoms with Gasteiger partial charge in [-0.1, -0.05) is 19.8 Å². The van der Waals surface area contributed by atoms with E-state index in [1.54, 1.807) is 0 Å².